The molecule has 16 rings (SSSR count). The molecule has 0 radical (unpaired) electrons. The fourth-order valence-electron chi connectivity index (χ4n) is 12.6. The van der Waals surface area contributed by atoms with Crippen molar-refractivity contribution in [3.05, 3.63) is 316 Å². The average molecular weight is 1120 g/mol. The number of fused-ring (bicyclic) bond motifs is 4. The summed E-state index contributed by atoms with van der Waals surface area (Å²) in [6, 6.07) is 107. The van der Waals surface area contributed by atoms with E-state index in [2.05, 4.69) is 277 Å². The van der Waals surface area contributed by atoms with Crippen molar-refractivity contribution in [2.24, 2.45) is 0 Å². The fourth-order valence-corrected chi connectivity index (χ4v) is 12.6. The lowest BCUT2D eigenvalue weighted by Gasteiger charge is -2.18. The van der Waals surface area contributed by atoms with Crippen LogP contribution in [0.5, 0.6) is 0 Å². The number of pyridine rings is 2. The maximum absolute atomic E-state index is 5.51. The maximum atomic E-state index is 5.51. The molecule has 0 saturated carbocycles. The smallest absolute Gasteiger partial charge is 0.161 e. The summed E-state index contributed by atoms with van der Waals surface area (Å²) in [5.41, 5.74) is 20.1. The molecule has 0 unspecified atom stereocenters. The number of rotatable bonds is 11. The fraction of sp³-hybridized carbons (Fsp3) is 0. The van der Waals surface area contributed by atoms with E-state index < -0.39 is 0 Å². The van der Waals surface area contributed by atoms with Crippen LogP contribution < -0.4 is 0 Å². The molecular formula is C82H52N6. The summed E-state index contributed by atoms with van der Waals surface area (Å²) in [6.45, 7) is 0. The highest BCUT2D eigenvalue weighted by Crippen LogP contribution is 2.46. The Bertz CT molecular complexity index is 4800. The second kappa shape index (κ2) is 22.3. The van der Waals surface area contributed by atoms with Crippen LogP contribution in [-0.4, -0.2) is 29.9 Å². The Kier molecular flexibility index (Phi) is 13.1. The van der Waals surface area contributed by atoms with Crippen LogP contribution in [-0.2, 0) is 0 Å². The summed E-state index contributed by atoms with van der Waals surface area (Å²) in [7, 11) is 0. The van der Waals surface area contributed by atoms with Gasteiger partial charge in [0.2, 0.25) is 0 Å². The maximum Gasteiger partial charge on any atom is 0.161 e. The van der Waals surface area contributed by atoms with E-state index in [1.807, 2.05) is 48.8 Å². The first-order valence-corrected chi connectivity index (χ1v) is 29.7. The highest BCUT2D eigenvalue weighted by Gasteiger charge is 2.23. The van der Waals surface area contributed by atoms with Gasteiger partial charge < -0.3 is 0 Å². The topological polar surface area (TPSA) is 77.3 Å². The van der Waals surface area contributed by atoms with Crippen molar-refractivity contribution in [2.45, 2.75) is 0 Å². The van der Waals surface area contributed by atoms with Gasteiger partial charge in [-0.1, -0.05) is 267 Å². The molecule has 0 bridgehead atoms. The van der Waals surface area contributed by atoms with Crippen LogP contribution in [0.25, 0.3) is 167 Å². The van der Waals surface area contributed by atoms with Crippen LogP contribution in [0, 0.1) is 0 Å². The first-order chi connectivity index (χ1) is 43.6. The molecule has 0 atom stereocenters. The van der Waals surface area contributed by atoms with Gasteiger partial charge >= 0.3 is 0 Å². The lowest BCUT2D eigenvalue weighted by molar-refractivity contribution is 1.19. The summed E-state index contributed by atoms with van der Waals surface area (Å²) < 4.78 is 0. The lowest BCUT2D eigenvalue weighted by Crippen LogP contribution is -1.99. The molecule has 0 saturated heterocycles. The van der Waals surface area contributed by atoms with E-state index in [4.69, 9.17) is 19.9 Å². The van der Waals surface area contributed by atoms with Gasteiger partial charge in [-0.25, -0.2) is 19.9 Å². The first-order valence-electron chi connectivity index (χ1n) is 29.7. The Morgan fingerprint density at radius 3 is 0.648 bits per heavy atom. The number of benzene rings is 12. The number of hydrogen-bond donors (Lipinski definition) is 0. The zero-order chi connectivity index (χ0) is 58.3. The van der Waals surface area contributed by atoms with Gasteiger partial charge in [-0.3, -0.25) is 9.97 Å². The number of nitrogens with zero attached hydrogens (tertiary/aromatic N) is 6. The van der Waals surface area contributed by atoms with E-state index in [1.165, 1.54) is 22.3 Å². The third kappa shape index (κ3) is 9.52. The molecule has 0 amide bonds. The molecule has 12 aromatic carbocycles. The van der Waals surface area contributed by atoms with Gasteiger partial charge in [-0.05, 0) is 113 Å². The molecule has 4 heterocycles. The van der Waals surface area contributed by atoms with Crippen molar-refractivity contribution in [1.29, 1.82) is 0 Å². The second-order valence-electron chi connectivity index (χ2n) is 22.1. The van der Waals surface area contributed by atoms with Gasteiger partial charge in [0, 0.05) is 56.9 Å². The summed E-state index contributed by atoms with van der Waals surface area (Å²) in [5, 5.41) is 8.97. The van der Waals surface area contributed by atoms with Gasteiger partial charge in [-0.2, -0.15) is 0 Å². The Hall–Kier alpha value is -11.9. The number of hydrogen-bond acceptors (Lipinski definition) is 6. The summed E-state index contributed by atoms with van der Waals surface area (Å²) >= 11 is 0. The van der Waals surface area contributed by atoms with E-state index in [-0.39, 0.29) is 0 Å². The largest absolute Gasteiger partial charge is 0.256 e. The van der Waals surface area contributed by atoms with E-state index in [1.54, 1.807) is 0 Å². The standard InChI is InChI=1S/C82H52N6/c1-3-19-61(20-4-1)77-63-23-7-11-27-67(63)79(68-28-12-8-24-64(68)77)81-85-73(51-75(87-81)59-45-41-55(42-46-59)71-31-15-17-49-83-71)57-37-33-53(34-38-57)54-35-39-58(40-36-54)74-52-76(60-47-43-56(44-48-60)72-32-16-18-50-84-72)88-82(86-74)80-69-29-13-9-25-65(69)78(62-21-5-2-6-22-62)66-26-10-14-30-70(66)80/h1-52H. The van der Waals surface area contributed by atoms with Gasteiger partial charge in [0.05, 0.1) is 34.2 Å². The Labute approximate surface area is 509 Å². The molecule has 6 nitrogen and oxygen atoms in total. The summed E-state index contributed by atoms with van der Waals surface area (Å²) in [6.07, 6.45) is 3.66. The molecule has 0 spiro atoms. The van der Waals surface area contributed by atoms with E-state index in [0.29, 0.717) is 11.6 Å². The van der Waals surface area contributed by atoms with Crippen molar-refractivity contribution >= 4 is 43.1 Å². The van der Waals surface area contributed by atoms with Crippen molar-refractivity contribution < 1.29 is 0 Å². The summed E-state index contributed by atoms with van der Waals surface area (Å²) in [5.74, 6) is 1.33. The zero-order valence-electron chi connectivity index (χ0n) is 47.7. The second-order valence-corrected chi connectivity index (χ2v) is 22.1. The van der Waals surface area contributed by atoms with Crippen LogP contribution in [0.15, 0.2) is 316 Å². The van der Waals surface area contributed by atoms with Crippen LogP contribution in [0.2, 0.25) is 0 Å². The van der Waals surface area contributed by atoms with Crippen LogP contribution in [0.4, 0.5) is 0 Å². The molecule has 0 aliphatic rings. The minimum Gasteiger partial charge on any atom is -0.256 e. The number of aromatic nitrogens is 6. The predicted molar refractivity (Wildman–Crippen MR) is 363 cm³/mol. The van der Waals surface area contributed by atoms with E-state index in [9.17, 15) is 0 Å². The zero-order valence-corrected chi connectivity index (χ0v) is 47.7. The first kappa shape index (κ1) is 51.8. The monoisotopic (exact) mass is 1120 g/mol. The van der Waals surface area contributed by atoms with Gasteiger partial charge in [0.25, 0.3) is 0 Å². The van der Waals surface area contributed by atoms with Crippen molar-refractivity contribution in [1.82, 2.24) is 29.9 Å². The predicted octanol–water partition coefficient (Wildman–Crippen LogP) is 21.0. The average Bonchev–Trinajstić information content (AvgIpc) is 0.840. The molecule has 16 aromatic rings. The molecule has 0 aliphatic carbocycles. The summed E-state index contributed by atoms with van der Waals surface area (Å²) in [4.78, 5) is 31.2. The SMILES string of the molecule is c1ccc(-c2c3ccccc3c(-c3nc(-c4ccc(-c5ccc(-c6cc(-c7ccc(-c8ccccn8)cc7)nc(-c7c8ccccc8c(-c8ccccc8)c8ccccc78)n6)cc5)cc4)cc(-c4ccc(-c5ccccn5)cc4)n3)c3ccccc23)cc1. The molecular weight excluding hydrogens is 1070 g/mol. The molecule has 4 aromatic heterocycles. The molecule has 88 heavy (non-hydrogen) atoms. The van der Waals surface area contributed by atoms with E-state index in [0.717, 1.165) is 133 Å². The minimum absolute atomic E-state index is 0.663. The Morgan fingerprint density at radius 1 is 0.159 bits per heavy atom. The molecule has 0 N–H and O–H groups in total. The Morgan fingerprint density at radius 2 is 0.386 bits per heavy atom. The Balaban J connectivity index is 0.797. The van der Waals surface area contributed by atoms with Crippen LogP contribution in [0.3, 0.4) is 0 Å². The quantitative estimate of drug-likeness (QED) is 0.120. The highest BCUT2D eigenvalue weighted by atomic mass is 14.9. The normalized spacial score (nSPS) is 11.4. The van der Waals surface area contributed by atoms with E-state index >= 15 is 0 Å². The highest BCUT2D eigenvalue weighted by molar-refractivity contribution is 6.22. The van der Waals surface area contributed by atoms with Gasteiger partial charge in [0.1, 0.15) is 0 Å². The molecule has 0 fully saturated rings. The van der Waals surface area contributed by atoms with Crippen LogP contribution >= 0.6 is 0 Å². The third-order valence-electron chi connectivity index (χ3n) is 16.9. The van der Waals surface area contributed by atoms with Gasteiger partial charge in [0.15, 0.2) is 11.6 Å². The molecule has 410 valence electrons. The lowest BCUT2D eigenvalue weighted by atomic mass is 9.88. The molecule has 0 aliphatic heterocycles. The molecule has 6 heteroatoms. The van der Waals surface area contributed by atoms with Gasteiger partial charge in [-0.15, -0.1) is 0 Å². The van der Waals surface area contributed by atoms with Crippen molar-refractivity contribution in [3.63, 3.8) is 0 Å². The van der Waals surface area contributed by atoms with Crippen molar-refractivity contribution in [2.75, 3.05) is 0 Å². The minimum atomic E-state index is 0.663. The van der Waals surface area contributed by atoms with Crippen LogP contribution in [0.1, 0.15) is 0 Å². The van der Waals surface area contributed by atoms with Crippen molar-refractivity contribution in [3.8, 4) is 124 Å². The third-order valence-corrected chi connectivity index (χ3v) is 16.9.